The van der Waals surface area contributed by atoms with Gasteiger partial charge in [-0.2, -0.15) is 0 Å². The molecule has 1 aliphatic rings. The lowest BCUT2D eigenvalue weighted by Gasteiger charge is -2.22. The minimum absolute atomic E-state index is 0.121. The Kier molecular flexibility index (Phi) is 6.09. The van der Waals surface area contributed by atoms with Gasteiger partial charge < -0.3 is 4.57 Å². The van der Waals surface area contributed by atoms with Crippen LogP contribution in [0, 0.1) is 0 Å². The van der Waals surface area contributed by atoms with Gasteiger partial charge >= 0.3 is 0 Å². The Morgan fingerprint density at radius 2 is 0.982 bits per heavy atom. The van der Waals surface area contributed by atoms with Gasteiger partial charge in [0.15, 0.2) is 0 Å². The predicted octanol–water partition coefficient (Wildman–Crippen LogP) is 13.0. The van der Waals surface area contributed by atoms with Crippen molar-refractivity contribution in [1.82, 2.24) is 19.1 Å². The third-order valence-electron chi connectivity index (χ3n) is 12.1. The van der Waals surface area contributed by atoms with Crippen LogP contribution in [0.3, 0.4) is 0 Å². The van der Waals surface area contributed by atoms with E-state index in [-0.39, 0.29) is 5.41 Å². The standard InChI is InChI=1S/C51H34N4/c1-51(2)40-24-12-8-18-33(40)34-29-28-31(30-41(34)51)47-37-21-9-13-25-42(37)52-50(53-47)55-44-27-15-11-23-39(44)46-45-38-22-10-14-26-43(38)54(32-16-4-3-5-17-32)48(45)35-19-6-7-20-36(35)49(46)55/h3-30H,1-2H3. The van der Waals surface area contributed by atoms with Crippen molar-refractivity contribution in [3.63, 3.8) is 0 Å². The molecular formula is C51H34N4. The second-order valence-electron chi connectivity index (χ2n) is 15.4. The van der Waals surface area contributed by atoms with Crippen LogP contribution in [-0.4, -0.2) is 19.1 Å². The van der Waals surface area contributed by atoms with Gasteiger partial charge in [-0.25, -0.2) is 9.97 Å². The zero-order valence-electron chi connectivity index (χ0n) is 30.5. The first kappa shape index (κ1) is 30.4. The molecule has 3 heterocycles. The summed E-state index contributed by atoms with van der Waals surface area (Å²) in [5.74, 6) is 0.666. The summed E-state index contributed by atoms with van der Waals surface area (Å²) in [6.45, 7) is 4.67. The van der Waals surface area contributed by atoms with Crippen molar-refractivity contribution in [2.75, 3.05) is 0 Å². The Balaban J connectivity index is 1.22. The zero-order valence-corrected chi connectivity index (χ0v) is 30.5. The van der Waals surface area contributed by atoms with Gasteiger partial charge in [-0.05, 0) is 58.7 Å². The summed E-state index contributed by atoms with van der Waals surface area (Å²) in [4.78, 5) is 11.0. The summed E-state index contributed by atoms with van der Waals surface area (Å²) in [6, 6.07) is 61.4. The molecule has 0 fully saturated rings. The van der Waals surface area contributed by atoms with Gasteiger partial charge in [-0.15, -0.1) is 0 Å². The largest absolute Gasteiger partial charge is 0.309 e. The third-order valence-corrected chi connectivity index (χ3v) is 12.1. The number of nitrogens with zero attached hydrogens (tertiary/aromatic N) is 4. The molecule has 0 saturated heterocycles. The number of hydrogen-bond acceptors (Lipinski definition) is 2. The maximum absolute atomic E-state index is 5.58. The van der Waals surface area contributed by atoms with Crippen molar-refractivity contribution >= 4 is 65.3 Å². The molecule has 3 aromatic heterocycles. The van der Waals surface area contributed by atoms with E-state index in [1.165, 1.54) is 60.2 Å². The van der Waals surface area contributed by atoms with Crippen molar-refractivity contribution < 1.29 is 0 Å². The molecule has 12 rings (SSSR count). The van der Waals surface area contributed by atoms with E-state index in [9.17, 15) is 0 Å². The molecule has 258 valence electrons. The predicted molar refractivity (Wildman–Crippen MR) is 229 cm³/mol. The topological polar surface area (TPSA) is 35.6 Å². The lowest BCUT2D eigenvalue weighted by molar-refractivity contribution is 0.660. The minimum Gasteiger partial charge on any atom is -0.309 e. The van der Waals surface area contributed by atoms with Crippen molar-refractivity contribution in [2.24, 2.45) is 0 Å². The van der Waals surface area contributed by atoms with E-state index in [2.05, 4.69) is 193 Å². The SMILES string of the molecule is CC1(C)c2ccccc2-c2ccc(-c3nc(-n4c5ccccc5c5c6c7ccccc7n(-c7ccccc7)c6c6ccccc6c54)nc4ccccc34)cc21. The van der Waals surface area contributed by atoms with Crippen LogP contribution >= 0.6 is 0 Å². The molecule has 0 aliphatic heterocycles. The second-order valence-corrected chi connectivity index (χ2v) is 15.4. The number of para-hydroxylation sites is 4. The van der Waals surface area contributed by atoms with Crippen LogP contribution in [0.4, 0.5) is 0 Å². The molecule has 0 atom stereocenters. The highest BCUT2D eigenvalue weighted by Crippen LogP contribution is 2.50. The first-order chi connectivity index (χ1) is 27.1. The van der Waals surface area contributed by atoms with Gasteiger partial charge in [0.05, 0.1) is 33.3 Å². The lowest BCUT2D eigenvalue weighted by Crippen LogP contribution is -2.15. The average Bonchev–Trinajstić information content (AvgIpc) is 3.85. The second kappa shape index (κ2) is 11.0. The van der Waals surface area contributed by atoms with Crippen molar-refractivity contribution in [1.29, 1.82) is 0 Å². The molecule has 4 nitrogen and oxygen atoms in total. The summed E-state index contributed by atoms with van der Waals surface area (Å²) in [5.41, 5.74) is 13.9. The van der Waals surface area contributed by atoms with Crippen LogP contribution in [0.1, 0.15) is 25.0 Å². The van der Waals surface area contributed by atoms with Crippen LogP contribution in [0.25, 0.3) is 99.3 Å². The maximum atomic E-state index is 5.58. The van der Waals surface area contributed by atoms with Crippen LogP contribution in [-0.2, 0) is 5.41 Å². The number of rotatable bonds is 3. The Labute approximate surface area is 317 Å². The minimum atomic E-state index is -0.121. The van der Waals surface area contributed by atoms with Gasteiger partial charge in [0.2, 0.25) is 5.95 Å². The fourth-order valence-corrected chi connectivity index (χ4v) is 9.68. The van der Waals surface area contributed by atoms with E-state index in [0.29, 0.717) is 5.95 Å². The van der Waals surface area contributed by atoms with Crippen molar-refractivity contribution in [3.05, 3.63) is 181 Å². The smallest absolute Gasteiger partial charge is 0.235 e. The first-order valence-corrected chi connectivity index (χ1v) is 19.0. The molecule has 11 aromatic rings. The molecule has 55 heavy (non-hydrogen) atoms. The Morgan fingerprint density at radius 3 is 1.71 bits per heavy atom. The highest BCUT2D eigenvalue weighted by molar-refractivity contribution is 6.37. The summed E-state index contributed by atoms with van der Waals surface area (Å²) in [5, 5.41) is 8.25. The average molecular weight is 703 g/mol. The highest BCUT2D eigenvalue weighted by atomic mass is 15.2. The molecular weight excluding hydrogens is 669 g/mol. The summed E-state index contributed by atoms with van der Waals surface area (Å²) >= 11 is 0. The van der Waals surface area contributed by atoms with E-state index in [1.54, 1.807) is 0 Å². The molecule has 0 saturated carbocycles. The van der Waals surface area contributed by atoms with E-state index in [1.807, 2.05) is 0 Å². The van der Waals surface area contributed by atoms with E-state index >= 15 is 0 Å². The normalized spacial score (nSPS) is 13.4. The highest BCUT2D eigenvalue weighted by Gasteiger charge is 2.35. The number of hydrogen-bond donors (Lipinski definition) is 0. The van der Waals surface area contributed by atoms with Crippen molar-refractivity contribution in [3.8, 4) is 34.0 Å². The van der Waals surface area contributed by atoms with E-state index in [0.717, 1.165) is 44.3 Å². The number of fused-ring (bicyclic) bond motifs is 14. The molecule has 0 unspecified atom stereocenters. The van der Waals surface area contributed by atoms with Crippen LogP contribution in [0.2, 0.25) is 0 Å². The monoisotopic (exact) mass is 702 g/mol. The van der Waals surface area contributed by atoms with Gasteiger partial charge in [-0.1, -0.05) is 147 Å². The van der Waals surface area contributed by atoms with Gasteiger partial charge in [0.25, 0.3) is 0 Å². The molecule has 8 aromatic carbocycles. The quantitative estimate of drug-likeness (QED) is 0.184. The zero-order chi connectivity index (χ0) is 36.4. The summed E-state index contributed by atoms with van der Waals surface area (Å²) < 4.78 is 4.76. The van der Waals surface area contributed by atoms with Crippen LogP contribution in [0.5, 0.6) is 0 Å². The van der Waals surface area contributed by atoms with E-state index in [4.69, 9.17) is 9.97 Å². The first-order valence-electron chi connectivity index (χ1n) is 19.0. The fourth-order valence-electron chi connectivity index (χ4n) is 9.68. The third kappa shape index (κ3) is 4.06. The molecule has 0 spiro atoms. The number of benzene rings is 8. The molecule has 0 amide bonds. The van der Waals surface area contributed by atoms with Crippen LogP contribution in [0.15, 0.2) is 170 Å². The van der Waals surface area contributed by atoms with E-state index < -0.39 is 0 Å². The Morgan fingerprint density at radius 1 is 0.436 bits per heavy atom. The lowest BCUT2D eigenvalue weighted by atomic mass is 9.82. The van der Waals surface area contributed by atoms with Gasteiger partial charge in [-0.3, -0.25) is 4.57 Å². The molecule has 0 bridgehead atoms. The van der Waals surface area contributed by atoms with Gasteiger partial charge in [0.1, 0.15) is 0 Å². The molecule has 4 heteroatoms. The van der Waals surface area contributed by atoms with Gasteiger partial charge in [0, 0.05) is 54.4 Å². The molecule has 0 N–H and O–H groups in total. The van der Waals surface area contributed by atoms with Crippen molar-refractivity contribution in [2.45, 2.75) is 19.3 Å². The Hall–Kier alpha value is -7.04. The number of aromatic nitrogens is 4. The maximum Gasteiger partial charge on any atom is 0.235 e. The fraction of sp³-hybridized carbons (Fsp3) is 0.0588. The van der Waals surface area contributed by atoms with Crippen LogP contribution < -0.4 is 0 Å². The molecule has 1 aliphatic carbocycles. The summed E-state index contributed by atoms with van der Waals surface area (Å²) in [7, 11) is 0. The summed E-state index contributed by atoms with van der Waals surface area (Å²) in [6.07, 6.45) is 0. The Bertz CT molecular complexity index is 3400. The molecule has 0 radical (unpaired) electrons.